The Labute approximate surface area is 512 Å². The zero-order valence-electron chi connectivity index (χ0n) is 52.0. The van der Waals surface area contributed by atoms with Crippen molar-refractivity contribution < 1.29 is 138 Å². The summed E-state index contributed by atoms with van der Waals surface area (Å²) < 4.78 is 142. The minimum absolute atomic E-state index is 0.0163. The normalized spacial score (nSPS) is 12.1. The van der Waals surface area contributed by atoms with Crippen LogP contribution in [0.3, 0.4) is 0 Å². The maximum atomic E-state index is 10.3. The molecule has 0 spiro atoms. The number of carbonyl (C=O) groups excluding carboxylic acids is 1. The largest absolute Gasteiger partial charge is 0.394 e. The minimum Gasteiger partial charge on any atom is -0.394 e. The predicted molar refractivity (Wildman–Crippen MR) is 310 cm³/mol. The summed E-state index contributed by atoms with van der Waals surface area (Å²) in [6.45, 7) is 24.3. The van der Waals surface area contributed by atoms with Crippen LogP contribution in [0.15, 0.2) is 0 Å². The number of rotatable bonds is 82. The standard InChI is InChI=1S/C57H114O29/c58-3-1-2-57(60)56-86-55-54-85-53-52-84-51-50-83-49-48-82-47-46-81-45-44-80-43-42-79-41-40-78-39-38-77-37-36-76-35-34-75-33-32-74-31-30-73-29-28-72-27-26-71-25-24-70-23-22-69-21-20-68-19-18-67-17-16-66-15-14-65-13-12-64-11-10-63-9-8-62-7-6-61-5-4-59/h3,57,59-60H,1-2,4-56H2. The molecule has 0 aliphatic rings. The molecule has 0 heterocycles. The summed E-state index contributed by atoms with van der Waals surface area (Å²) in [7, 11) is 0. The molecular weight excluding hydrogens is 1150 g/mol. The van der Waals surface area contributed by atoms with Crippen LogP contribution in [0.5, 0.6) is 0 Å². The molecule has 516 valence electrons. The van der Waals surface area contributed by atoms with Crippen LogP contribution in [-0.4, -0.2) is 373 Å². The molecule has 0 rings (SSSR count). The van der Waals surface area contributed by atoms with Crippen molar-refractivity contribution >= 4 is 6.29 Å². The van der Waals surface area contributed by atoms with Crippen molar-refractivity contribution in [3.63, 3.8) is 0 Å². The van der Waals surface area contributed by atoms with Crippen molar-refractivity contribution in [1.29, 1.82) is 0 Å². The van der Waals surface area contributed by atoms with Crippen molar-refractivity contribution in [3.05, 3.63) is 0 Å². The number of hydrogen-bond donors (Lipinski definition) is 2. The lowest BCUT2D eigenvalue weighted by atomic mass is 10.2. The van der Waals surface area contributed by atoms with Gasteiger partial charge in [-0.3, -0.25) is 0 Å². The Kier molecular flexibility index (Phi) is 80.2. The van der Waals surface area contributed by atoms with E-state index in [-0.39, 0.29) is 13.2 Å². The van der Waals surface area contributed by atoms with E-state index in [0.29, 0.717) is 350 Å². The van der Waals surface area contributed by atoms with Gasteiger partial charge >= 0.3 is 0 Å². The number of aliphatic hydroxyl groups excluding tert-OH is 2. The van der Waals surface area contributed by atoms with E-state index in [4.69, 9.17) is 128 Å². The third-order valence-electron chi connectivity index (χ3n) is 10.5. The fourth-order valence-electron chi connectivity index (χ4n) is 6.13. The molecule has 0 saturated carbocycles. The smallest absolute Gasteiger partial charge is 0.120 e. The van der Waals surface area contributed by atoms with Crippen LogP contribution in [0.25, 0.3) is 0 Å². The molecule has 0 aliphatic heterocycles. The van der Waals surface area contributed by atoms with Crippen molar-refractivity contribution in [2.75, 3.05) is 350 Å². The second-order valence-corrected chi connectivity index (χ2v) is 17.5. The Bertz CT molecular complexity index is 1200. The zero-order valence-corrected chi connectivity index (χ0v) is 52.0. The summed E-state index contributed by atoms with van der Waals surface area (Å²) in [6, 6.07) is 0. The van der Waals surface area contributed by atoms with Gasteiger partial charge < -0.3 is 138 Å². The highest BCUT2D eigenvalue weighted by atomic mass is 16.6. The van der Waals surface area contributed by atoms with Crippen LogP contribution in [0.4, 0.5) is 0 Å². The molecule has 29 heteroatoms. The van der Waals surface area contributed by atoms with E-state index in [2.05, 4.69) is 0 Å². The molecule has 0 aromatic heterocycles. The van der Waals surface area contributed by atoms with Gasteiger partial charge in [-0.1, -0.05) is 0 Å². The zero-order chi connectivity index (χ0) is 61.6. The van der Waals surface area contributed by atoms with E-state index in [1.165, 1.54) is 0 Å². The highest BCUT2D eigenvalue weighted by Gasteiger charge is 2.04. The monoisotopic (exact) mass is 1260 g/mol. The average molecular weight is 1260 g/mol. The second-order valence-electron chi connectivity index (χ2n) is 17.5. The minimum atomic E-state index is -0.625. The summed E-state index contributed by atoms with van der Waals surface area (Å²) >= 11 is 0. The first-order chi connectivity index (χ1) is 42.8. The molecule has 0 bridgehead atoms. The second kappa shape index (κ2) is 81.6. The van der Waals surface area contributed by atoms with Crippen molar-refractivity contribution in [2.24, 2.45) is 0 Å². The molecule has 0 aromatic carbocycles. The van der Waals surface area contributed by atoms with E-state index in [9.17, 15) is 9.90 Å². The van der Waals surface area contributed by atoms with Crippen LogP contribution in [0.1, 0.15) is 12.8 Å². The van der Waals surface area contributed by atoms with Gasteiger partial charge in [0.05, 0.1) is 356 Å². The highest BCUT2D eigenvalue weighted by Crippen LogP contribution is 1.96. The molecule has 1 atom stereocenters. The molecule has 0 fully saturated rings. The summed E-state index contributed by atoms with van der Waals surface area (Å²) in [5, 5.41) is 18.2. The quantitative estimate of drug-likeness (QED) is 0.0586. The maximum Gasteiger partial charge on any atom is 0.120 e. The predicted octanol–water partition coefficient (Wildman–Crippen LogP) is -0.250. The lowest BCUT2D eigenvalue weighted by Gasteiger charge is -2.10. The third kappa shape index (κ3) is 80.6. The average Bonchev–Trinajstić information content (AvgIpc) is 3.52. The number of carbonyl (C=O) groups is 1. The maximum absolute atomic E-state index is 10.3. The lowest BCUT2D eigenvalue weighted by molar-refractivity contribution is -0.108. The highest BCUT2D eigenvalue weighted by molar-refractivity contribution is 5.49. The molecule has 86 heavy (non-hydrogen) atoms. The van der Waals surface area contributed by atoms with E-state index in [1.807, 2.05) is 0 Å². The molecule has 0 amide bonds. The molecule has 0 saturated heterocycles. The van der Waals surface area contributed by atoms with Gasteiger partial charge in [-0.05, 0) is 6.42 Å². The van der Waals surface area contributed by atoms with E-state index < -0.39 is 6.10 Å². The molecule has 0 aliphatic carbocycles. The number of ether oxygens (including phenoxy) is 26. The van der Waals surface area contributed by atoms with Crippen LogP contribution >= 0.6 is 0 Å². The number of hydrogen-bond acceptors (Lipinski definition) is 29. The Morgan fingerprint density at radius 2 is 0.314 bits per heavy atom. The van der Waals surface area contributed by atoms with Gasteiger partial charge in [0.15, 0.2) is 0 Å². The van der Waals surface area contributed by atoms with Gasteiger partial charge in [0.1, 0.15) is 6.29 Å². The van der Waals surface area contributed by atoms with Gasteiger partial charge in [-0.15, -0.1) is 0 Å². The van der Waals surface area contributed by atoms with Gasteiger partial charge in [0.25, 0.3) is 0 Å². The molecule has 0 radical (unpaired) electrons. The Morgan fingerprint density at radius 3 is 0.430 bits per heavy atom. The number of aldehydes is 1. The van der Waals surface area contributed by atoms with E-state index in [0.717, 1.165) is 6.29 Å². The summed E-state index contributed by atoms with van der Waals surface area (Å²) in [5.74, 6) is 0. The first-order valence-electron chi connectivity index (χ1n) is 30.5. The Balaban J connectivity index is 3.09. The SMILES string of the molecule is O=CCCC(O)COCCOCCOCCOCCOCCOCCOCCOCCOCCOCCOCCOCCOCCOCCOCCOCCOCCOCCOCCOCCOCCOCCOCCOCCOCCOCCO. The van der Waals surface area contributed by atoms with Crippen molar-refractivity contribution in [1.82, 2.24) is 0 Å². The molecule has 2 N–H and O–H groups in total. The fourth-order valence-corrected chi connectivity index (χ4v) is 6.13. The van der Waals surface area contributed by atoms with E-state index in [1.54, 1.807) is 0 Å². The molecule has 0 aromatic rings. The van der Waals surface area contributed by atoms with Crippen LogP contribution < -0.4 is 0 Å². The Hall–Kier alpha value is -1.45. The fraction of sp³-hybridized carbons (Fsp3) is 0.982. The Morgan fingerprint density at radius 1 is 0.198 bits per heavy atom. The van der Waals surface area contributed by atoms with Gasteiger partial charge in [-0.25, -0.2) is 0 Å². The van der Waals surface area contributed by atoms with Gasteiger partial charge in [0, 0.05) is 6.42 Å². The van der Waals surface area contributed by atoms with Gasteiger partial charge in [-0.2, -0.15) is 0 Å². The van der Waals surface area contributed by atoms with Gasteiger partial charge in [0.2, 0.25) is 0 Å². The summed E-state index contributed by atoms with van der Waals surface area (Å²) in [5.41, 5.74) is 0. The number of aliphatic hydroxyl groups is 2. The van der Waals surface area contributed by atoms with Crippen LogP contribution in [-0.2, 0) is 128 Å². The van der Waals surface area contributed by atoms with Crippen molar-refractivity contribution in [2.45, 2.75) is 18.9 Å². The lowest BCUT2D eigenvalue weighted by Crippen LogP contribution is -2.18. The first-order valence-corrected chi connectivity index (χ1v) is 30.5. The summed E-state index contributed by atoms with van der Waals surface area (Å²) in [4.78, 5) is 10.3. The summed E-state index contributed by atoms with van der Waals surface area (Å²) in [6.07, 6.45) is 0.890. The first kappa shape index (κ1) is 84.5. The molecule has 29 nitrogen and oxygen atoms in total. The van der Waals surface area contributed by atoms with Crippen molar-refractivity contribution in [3.8, 4) is 0 Å². The van der Waals surface area contributed by atoms with E-state index >= 15 is 0 Å². The molecular formula is C57H114O29. The third-order valence-corrected chi connectivity index (χ3v) is 10.5. The van der Waals surface area contributed by atoms with Crippen LogP contribution in [0.2, 0.25) is 0 Å². The topological polar surface area (TPSA) is 298 Å². The molecule has 1 unspecified atom stereocenters. The van der Waals surface area contributed by atoms with Crippen LogP contribution in [0, 0.1) is 0 Å².